The smallest absolute Gasteiger partial charge is 0.0297 e. The lowest BCUT2D eigenvalue weighted by molar-refractivity contribution is 0.443. The Labute approximate surface area is 111 Å². The number of benzene rings is 1. The molecule has 0 saturated heterocycles. The van der Waals surface area contributed by atoms with Gasteiger partial charge in [0.15, 0.2) is 0 Å². The first-order valence-corrected chi connectivity index (χ1v) is 7.73. The van der Waals surface area contributed by atoms with Gasteiger partial charge in [0.1, 0.15) is 0 Å². The van der Waals surface area contributed by atoms with Gasteiger partial charge in [0.05, 0.1) is 0 Å². The molecule has 2 aliphatic carbocycles. The maximum absolute atomic E-state index is 6.34. The Morgan fingerprint density at radius 3 is 2.50 bits per heavy atom. The predicted octanol–water partition coefficient (Wildman–Crippen LogP) is 4.46. The molecule has 0 aliphatic heterocycles. The molecule has 1 saturated carbocycles. The summed E-state index contributed by atoms with van der Waals surface area (Å²) < 4.78 is 0. The molecule has 0 unspecified atom stereocenters. The Kier molecular flexibility index (Phi) is 3.69. The highest BCUT2D eigenvalue weighted by atomic mass is 14.6. The zero-order chi connectivity index (χ0) is 12.4. The highest BCUT2D eigenvalue weighted by Crippen LogP contribution is 2.35. The van der Waals surface area contributed by atoms with Crippen molar-refractivity contribution in [2.24, 2.45) is 5.73 Å². The lowest BCUT2D eigenvalue weighted by Crippen LogP contribution is -2.12. The van der Waals surface area contributed by atoms with E-state index in [0.29, 0.717) is 0 Å². The second-order valence-electron chi connectivity index (χ2n) is 6.15. The van der Waals surface area contributed by atoms with Gasteiger partial charge in [0.2, 0.25) is 0 Å². The first kappa shape index (κ1) is 12.2. The van der Waals surface area contributed by atoms with Crippen LogP contribution in [0.2, 0.25) is 0 Å². The van der Waals surface area contributed by atoms with Crippen LogP contribution in [-0.2, 0) is 6.42 Å². The summed E-state index contributed by atoms with van der Waals surface area (Å²) in [5.41, 5.74) is 10.9. The summed E-state index contributed by atoms with van der Waals surface area (Å²) in [6.45, 7) is 0. The van der Waals surface area contributed by atoms with E-state index in [2.05, 4.69) is 18.2 Å². The Bertz CT molecular complexity index is 404. The molecule has 3 rings (SSSR count). The van der Waals surface area contributed by atoms with Crippen LogP contribution < -0.4 is 5.73 Å². The molecule has 0 aromatic heterocycles. The monoisotopic (exact) mass is 243 g/mol. The van der Waals surface area contributed by atoms with Crippen molar-refractivity contribution >= 4 is 0 Å². The van der Waals surface area contributed by atoms with E-state index in [0.717, 1.165) is 5.92 Å². The lowest BCUT2D eigenvalue weighted by Gasteiger charge is -2.24. The van der Waals surface area contributed by atoms with Gasteiger partial charge in [0, 0.05) is 6.04 Å². The molecule has 1 fully saturated rings. The molecule has 1 atom stereocenters. The van der Waals surface area contributed by atoms with Gasteiger partial charge in [-0.05, 0) is 54.7 Å². The number of hydrogen-bond acceptors (Lipinski definition) is 1. The van der Waals surface area contributed by atoms with E-state index in [4.69, 9.17) is 5.73 Å². The number of nitrogens with two attached hydrogens (primary N) is 1. The molecule has 1 nitrogen and oxygen atoms in total. The summed E-state index contributed by atoms with van der Waals surface area (Å²) in [7, 11) is 0. The molecule has 2 aliphatic rings. The molecule has 2 N–H and O–H groups in total. The van der Waals surface area contributed by atoms with Gasteiger partial charge in [-0.3, -0.25) is 0 Å². The second-order valence-corrected chi connectivity index (χ2v) is 6.15. The Hall–Kier alpha value is -0.820. The van der Waals surface area contributed by atoms with Crippen molar-refractivity contribution < 1.29 is 0 Å². The summed E-state index contributed by atoms with van der Waals surface area (Å²) in [6.07, 6.45) is 12.0. The van der Waals surface area contributed by atoms with E-state index in [1.165, 1.54) is 68.9 Å². The third-order valence-corrected chi connectivity index (χ3v) is 4.86. The van der Waals surface area contributed by atoms with Crippen LogP contribution in [0.1, 0.15) is 80.0 Å². The molecule has 18 heavy (non-hydrogen) atoms. The minimum atomic E-state index is 0.283. The van der Waals surface area contributed by atoms with Crippen molar-refractivity contribution in [2.75, 3.05) is 0 Å². The summed E-state index contributed by atoms with van der Waals surface area (Å²) in [5, 5.41) is 0. The van der Waals surface area contributed by atoms with Crippen molar-refractivity contribution in [3.05, 3.63) is 34.9 Å². The van der Waals surface area contributed by atoms with Crippen molar-refractivity contribution in [3.8, 4) is 0 Å². The molecule has 0 radical (unpaired) electrons. The molecular formula is C17H25N. The maximum Gasteiger partial charge on any atom is 0.0297 e. The first-order chi connectivity index (χ1) is 8.84. The predicted molar refractivity (Wildman–Crippen MR) is 76.8 cm³/mol. The van der Waals surface area contributed by atoms with E-state index in [1.54, 1.807) is 5.56 Å². The first-order valence-electron chi connectivity index (χ1n) is 7.73. The summed E-state index contributed by atoms with van der Waals surface area (Å²) in [4.78, 5) is 0. The normalized spacial score (nSPS) is 25.5. The fourth-order valence-corrected chi connectivity index (χ4v) is 3.71. The molecule has 0 amide bonds. The van der Waals surface area contributed by atoms with Gasteiger partial charge in [-0.1, -0.05) is 43.9 Å². The highest BCUT2D eigenvalue weighted by Gasteiger charge is 2.19. The van der Waals surface area contributed by atoms with Crippen molar-refractivity contribution in [2.45, 2.75) is 69.7 Å². The van der Waals surface area contributed by atoms with Crippen LogP contribution in [0.3, 0.4) is 0 Å². The lowest BCUT2D eigenvalue weighted by atomic mass is 9.82. The largest absolute Gasteiger partial charge is 0.324 e. The van der Waals surface area contributed by atoms with Gasteiger partial charge in [-0.2, -0.15) is 0 Å². The topological polar surface area (TPSA) is 26.0 Å². The van der Waals surface area contributed by atoms with E-state index >= 15 is 0 Å². The number of rotatable bonds is 1. The molecule has 0 bridgehead atoms. The minimum Gasteiger partial charge on any atom is -0.324 e. The Balaban J connectivity index is 1.88. The zero-order valence-corrected chi connectivity index (χ0v) is 11.3. The molecule has 0 heterocycles. The van der Waals surface area contributed by atoms with E-state index in [9.17, 15) is 0 Å². The van der Waals surface area contributed by atoms with Gasteiger partial charge in [-0.15, -0.1) is 0 Å². The SMILES string of the molecule is N[C@@H]1CCCCc2ccc(C3CCCCC3)cc21. The fourth-order valence-electron chi connectivity index (χ4n) is 3.71. The van der Waals surface area contributed by atoms with Crippen LogP contribution in [0.25, 0.3) is 0 Å². The van der Waals surface area contributed by atoms with E-state index in [-0.39, 0.29) is 6.04 Å². The molecule has 1 heteroatoms. The quantitative estimate of drug-likeness (QED) is 0.724. The van der Waals surface area contributed by atoms with Crippen LogP contribution in [0.5, 0.6) is 0 Å². The van der Waals surface area contributed by atoms with Crippen LogP contribution in [0.15, 0.2) is 18.2 Å². The molecule has 98 valence electrons. The van der Waals surface area contributed by atoms with Gasteiger partial charge >= 0.3 is 0 Å². The highest BCUT2D eigenvalue weighted by molar-refractivity contribution is 5.36. The minimum absolute atomic E-state index is 0.283. The average Bonchev–Trinajstić information content (AvgIpc) is 2.62. The van der Waals surface area contributed by atoms with E-state index in [1.807, 2.05) is 0 Å². The standard InChI is InChI=1S/C17H25N/c18-17-9-5-4-8-14-10-11-15(12-16(14)17)13-6-2-1-3-7-13/h10-13,17H,1-9,18H2/t17-/m1/s1. The Morgan fingerprint density at radius 1 is 0.889 bits per heavy atom. The van der Waals surface area contributed by atoms with E-state index < -0.39 is 0 Å². The molecule has 1 aromatic rings. The van der Waals surface area contributed by atoms with Crippen molar-refractivity contribution in [3.63, 3.8) is 0 Å². The van der Waals surface area contributed by atoms with Crippen LogP contribution in [-0.4, -0.2) is 0 Å². The fraction of sp³-hybridized carbons (Fsp3) is 0.647. The molecule has 0 spiro atoms. The number of hydrogen-bond donors (Lipinski definition) is 1. The maximum atomic E-state index is 6.34. The van der Waals surface area contributed by atoms with Gasteiger partial charge in [-0.25, -0.2) is 0 Å². The van der Waals surface area contributed by atoms with Crippen molar-refractivity contribution in [1.29, 1.82) is 0 Å². The van der Waals surface area contributed by atoms with Crippen LogP contribution in [0.4, 0.5) is 0 Å². The zero-order valence-electron chi connectivity index (χ0n) is 11.3. The third kappa shape index (κ3) is 2.47. The molecule has 1 aromatic carbocycles. The van der Waals surface area contributed by atoms with Crippen molar-refractivity contribution in [1.82, 2.24) is 0 Å². The third-order valence-electron chi connectivity index (χ3n) is 4.86. The molecular weight excluding hydrogens is 218 g/mol. The average molecular weight is 243 g/mol. The number of aryl methyl sites for hydroxylation is 1. The Morgan fingerprint density at radius 2 is 1.67 bits per heavy atom. The van der Waals surface area contributed by atoms with Crippen LogP contribution in [0, 0.1) is 0 Å². The van der Waals surface area contributed by atoms with Gasteiger partial charge < -0.3 is 5.73 Å². The summed E-state index contributed by atoms with van der Waals surface area (Å²) >= 11 is 0. The number of fused-ring (bicyclic) bond motifs is 1. The van der Waals surface area contributed by atoms with Crippen LogP contribution >= 0.6 is 0 Å². The summed E-state index contributed by atoms with van der Waals surface area (Å²) in [6, 6.07) is 7.48. The summed E-state index contributed by atoms with van der Waals surface area (Å²) in [5.74, 6) is 0.805. The second kappa shape index (κ2) is 5.44. The van der Waals surface area contributed by atoms with Gasteiger partial charge in [0.25, 0.3) is 0 Å².